The number of anilines is 2. The fraction of sp³-hybridized carbons (Fsp3) is 0.250. The van der Waals surface area contributed by atoms with Crippen LogP contribution in [-0.4, -0.2) is 35.7 Å². The van der Waals surface area contributed by atoms with Gasteiger partial charge < -0.3 is 16.4 Å². The Bertz CT molecular complexity index is 1390. The lowest BCUT2D eigenvalue weighted by molar-refractivity contribution is -0.384. The maximum absolute atomic E-state index is 13.9. The number of nitrogens with two attached hydrogens (primary N) is 1. The van der Waals surface area contributed by atoms with Crippen LogP contribution in [0.2, 0.25) is 0 Å². The van der Waals surface area contributed by atoms with Gasteiger partial charge in [0.25, 0.3) is 17.5 Å². The topological polar surface area (TPSA) is 148 Å². The summed E-state index contributed by atoms with van der Waals surface area (Å²) in [5.41, 5.74) is 7.04. The Hall–Kier alpha value is -4.57. The van der Waals surface area contributed by atoms with Crippen LogP contribution in [0.15, 0.2) is 72.8 Å². The minimum Gasteiger partial charge on any atom is -0.351 e. The normalized spacial score (nSPS) is 15.2. The molecule has 196 valence electrons. The van der Waals surface area contributed by atoms with Crippen molar-refractivity contribution in [3.05, 3.63) is 99.6 Å². The van der Waals surface area contributed by atoms with E-state index in [-0.39, 0.29) is 40.6 Å². The van der Waals surface area contributed by atoms with Crippen LogP contribution in [0, 0.1) is 15.5 Å². The van der Waals surface area contributed by atoms with E-state index in [0.29, 0.717) is 24.3 Å². The number of carbonyl (C=O) groups is 3. The van der Waals surface area contributed by atoms with Gasteiger partial charge in [-0.2, -0.15) is 0 Å². The van der Waals surface area contributed by atoms with E-state index in [0.717, 1.165) is 5.56 Å². The molecule has 0 bridgehead atoms. The third-order valence-electron chi connectivity index (χ3n) is 6.47. The van der Waals surface area contributed by atoms with Crippen LogP contribution < -0.4 is 21.3 Å². The molecule has 3 aromatic carbocycles. The van der Waals surface area contributed by atoms with Gasteiger partial charge in [-0.1, -0.05) is 50.2 Å². The molecule has 10 nitrogen and oxygen atoms in total. The monoisotopic (exact) mass is 515 g/mol. The standard InChI is InChI=1S/C28H29N5O5/c1-28(2,16-29)17-30-26(35)19-11-12-23-22(14-19)31-25(34)15-24(18-7-4-3-5-8-18)32(23)27(36)20-9-6-10-21(13-20)33(37)38/h3-14,24H,15-17,29H2,1-2H3,(H,30,35)(H,31,34). The van der Waals surface area contributed by atoms with E-state index < -0.39 is 16.9 Å². The number of fused-ring (bicyclic) bond motifs is 1. The van der Waals surface area contributed by atoms with Gasteiger partial charge in [-0.15, -0.1) is 0 Å². The number of hydrogen-bond acceptors (Lipinski definition) is 6. The minimum atomic E-state index is -0.686. The fourth-order valence-corrected chi connectivity index (χ4v) is 4.20. The molecule has 3 aromatic rings. The van der Waals surface area contributed by atoms with E-state index in [1.54, 1.807) is 12.1 Å². The number of nitro groups is 1. The summed E-state index contributed by atoms with van der Waals surface area (Å²) in [7, 11) is 0. The average Bonchev–Trinajstić information content (AvgIpc) is 3.07. The maximum atomic E-state index is 13.9. The van der Waals surface area contributed by atoms with Crippen molar-refractivity contribution in [2.75, 3.05) is 23.3 Å². The molecule has 10 heteroatoms. The van der Waals surface area contributed by atoms with Gasteiger partial charge in [0.15, 0.2) is 0 Å². The number of rotatable bonds is 7. The lowest BCUT2D eigenvalue weighted by Gasteiger charge is -2.31. The summed E-state index contributed by atoms with van der Waals surface area (Å²) in [5.74, 6) is -1.19. The number of nitro benzene ring substituents is 1. The quantitative estimate of drug-likeness (QED) is 0.320. The molecule has 0 saturated carbocycles. The summed E-state index contributed by atoms with van der Waals surface area (Å²) >= 11 is 0. The molecule has 4 rings (SSSR count). The molecule has 0 spiro atoms. The number of benzene rings is 3. The zero-order valence-electron chi connectivity index (χ0n) is 21.1. The van der Waals surface area contributed by atoms with Crippen molar-refractivity contribution in [2.45, 2.75) is 26.3 Å². The lowest BCUT2D eigenvalue weighted by Crippen LogP contribution is -2.38. The number of carbonyl (C=O) groups excluding carboxylic acids is 3. The molecule has 1 aliphatic rings. The van der Waals surface area contributed by atoms with Crippen LogP contribution in [0.3, 0.4) is 0 Å². The second kappa shape index (κ2) is 10.8. The van der Waals surface area contributed by atoms with Gasteiger partial charge >= 0.3 is 0 Å². The summed E-state index contributed by atoms with van der Waals surface area (Å²) in [5, 5.41) is 17.0. The fourth-order valence-electron chi connectivity index (χ4n) is 4.20. The van der Waals surface area contributed by atoms with Gasteiger partial charge in [0.05, 0.1) is 28.8 Å². The zero-order valence-corrected chi connectivity index (χ0v) is 21.1. The van der Waals surface area contributed by atoms with Crippen LogP contribution in [0.4, 0.5) is 17.1 Å². The summed E-state index contributed by atoms with van der Waals surface area (Å²) in [6.45, 7) is 4.62. The van der Waals surface area contributed by atoms with E-state index in [4.69, 9.17) is 5.73 Å². The second-order valence-corrected chi connectivity index (χ2v) is 9.94. The van der Waals surface area contributed by atoms with Gasteiger partial charge in [0.2, 0.25) is 5.91 Å². The van der Waals surface area contributed by atoms with Crippen molar-refractivity contribution in [1.29, 1.82) is 0 Å². The van der Waals surface area contributed by atoms with Gasteiger partial charge in [0, 0.05) is 29.8 Å². The molecular weight excluding hydrogens is 486 g/mol. The number of hydrogen-bond donors (Lipinski definition) is 3. The first-order valence-corrected chi connectivity index (χ1v) is 12.1. The predicted molar refractivity (Wildman–Crippen MR) is 144 cm³/mol. The van der Waals surface area contributed by atoms with Crippen molar-refractivity contribution < 1.29 is 19.3 Å². The van der Waals surface area contributed by atoms with Gasteiger partial charge in [-0.25, -0.2) is 0 Å². The first kappa shape index (κ1) is 26.5. The molecular formula is C28H29N5O5. The van der Waals surface area contributed by atoms with Crippen LogP contribution in [0.5, 0.6) is 0 Å². The Morgan fingerprint density at radius 2 is 1.82 bits per heavy atom. The maximum Gasteiger partial charge on any atom is 0.270 e. The molecule has 0 aromatic heterocycles. The minimum absolute atomic E-state index is 0.0500. The van der Waals surface area contributed by atoms with E-state index in [9.17, 15) is 24.5 Å². The molecule has 1 aliphatic heterocycles. The highest BCUT2D eigenvalue weighted by atomic mass is 16.6. The van der Waals surface area contributed by atoms with E-state index >= 15 is 0 Å². The van der Waals surface area contributed by atoms with Gasteiger partial charge in [0.1, 0.15) is 0 Å². The Kier molecular flexibility index (Phi) is 7.54. The lowest BCUT2D eigenvalue weighted by atomic mass is 9.94. The predicted octanol–water partition coefficient (Wildman–Crippen LogP) is 4.04. The summed E-state index contributed by atoms with van der Waals surface area (Å²) < 4.78 is 0. The van der Waals surface area contributed by atoms with Crippen LogP contribution in [0.25, 0.3) is 0 Å². The Morgan fingerprint density at radius 3 is 2.50 bits per heavy atom. The zero-order chi connectivity index (χ0) is 27.4. The number of amides is 3. The SMILES string of the molecule is CC(C)(CN)CNC(=O)c1ccc2c(c1)NC(=O)CC(c1ccccc1)N2C(=O)c1cccc([N+](=O)[O-])c1. The van der Waals surface area contributed by atoms with Gasteiger partial charge in [-0.3, -0.25) is 29.4 Å². The summed E-state index contributed by atoms with van der Waals surface area (Å²) in [4.78, 5) is 52.0. The first-order valence-electron chi connectivity index (χ1n) is 12.1. The van der Waals surface area contributed by atoms with Crippen molar-refractivity contribution in [3.8, 4) is 0 Å². The molecule has 1 heterocycles. The first-order chi connectivity index (χ1) is 18.1. The van der Waals surface area contributed by atoms with Crippen molar-refractivity contribution in [1.82, 2.24) is 5.32 Å². The molecule has 4 N–H and O–H groups in total. The molecule has 0 radical (unpaired) electrons. The van der Waals surface area contributed by atoms with Crippen molar-refractivity contribution >= 4 is 34.8 Å². The summed E-state index contributed by atoms with van der Waals surface area (Å²) in [6, 6.07) is 18.6. The smallest absolute Gasteiger partial charge is 0.270 e. The van der Waals surface area contributed by atoms with Crippen LogP contribution >= 0.6 is 0 Å². The second-order valence-electron chi connectivity index (χ2n) is 9.94. The highest BCUT2D eigenvalue weighted by molar-refractivity contribution is 6.12. The van der Waals surface area contributed by atoms with Crippen molar-refractivity contribution in [2.24, 2.45) is 11.1 Å². The third-order valence-corrected chi connectivity index (χ3v) is 6.47. The Morgan fingerprint density at radius 1 is 1.08 bits per heavy atom. The Balaban J connectivity index is 1.79. The molecule has 0 fully saturated rings. The van der Waals surface area contributed by atoms with E-state index in [1.807, 2.05) is 44.2 Å². The van der Waals surface area contributed by atoms with Crippen LogP contribution in [0.1, 0.15) is 52.6 Å². The largest absolute Gasteiger partial charge is 0.351 e. The highest BCUT2D eigenvalue weighted by Crippen LogP contribution is 2.40. The number of nitrogens with one attached hydrogen (secondary N) is 2. The van der Waals surface area contributed by atoms with Gasteiger partial charge in [-0.05, 0) is 41.8 Å². The van der Waals surface area contributed by atoms with E-state index in [2.05, 4.69) is 10.6 Å². The average molecular weight is 516 g/mol. The third kappa shape index (κ3) is 5.70. The molecule has 3 amide bonds. The molecule has 38 heavy (non-hydrogen) atoms. The van der Waals surface area contributed by atoms with Crippen LogP contribution in [-0.2, 0) is 4.79 Å². The Labute approximate surface area is 220 Å². The molecule has 1 atom stereocenters. The number of non-ortho nitro benzene ring substituents is 1. The van der Waals surface area contributed by atoms with E-state index in [1.165, 1.54) is 35.2 Å². The number of nitrogens with zero attached hydrogens (tertiary/aromatic N) is 2. The molecule has 0 saturated heterocycles. The molecule has 1 unspecified atom stereocenters. The molecule has 0 aliphatic carbocycles. The van der Waals surface area contributed by atoms with Crippen molar-refractivity contribution in [3.63, 3.8) is 0 Å². The summed E-state index contributed by atoms with van der Waals surface area (Å²) in [6.07, 6.45) is -0.0500. The highest BCUT2D eigenvalue weighted by Gasteiger charge is 2.35.